The van der Waals surface area contributed by atoms with Crippen LogP contribution in [0.5, 0.6) is 11.5 Å². The monoisotopic (exact) mass is 463 g/mol. The van der Waals surface area contributed by atoms with Gasteiger partial charge in [0, 0.05) is 30.4 Å². The second-order valence-corrected chi connectivity index (χ2v) is 7.90. The van der Waals surface area contributed by atoms with Crippen LogP contribution in [0.25, 0.3) is 0 Å². The van der Waals surface area contributed by atoms with Crippen molar-refractivity contribution in [2.75, 3.05) is 19.4 Å². The van der Waals surface area contributed by atoms with Crippen molar-refractivity contribution in [2.24, 2.45) is 7.05 Å². The number of nitrogens with one attached hydrogen (secondary N) is 1. The van der Waals surface area contributed by atoms with E-state index in [0.717, 1.165) is 38.8 Å². The first kappa shape index (κ1) is 20.6. The average Bonchev–Trinajstić information content (AvgIpc) is 3.12. The SMILES string of the molecule is COc1cc(CNCCSc2nnnn2C)c(Br)cc1OCc1ccccc1. The Bertz CT molecular complexity index is 891. The summed E-state index contributed by atoms with van der Waals surface area (Å²) in [6.07, 6.45) is 0. The third-order valence-electron chi connectivity index (χ3n) is 3.98. The van der Waals surface area contributed by atoms with Gasteiger partial charge in [-0.2, -0.15) is 0 Å². The van der Waals surface area contributed by atoms with Crippen molar-refractivity contribution < 1.29 is 9.47 Å². The molecule has 0 amide bonds. The van der Waals surface area contributed by atoms with Gasteiger partial charge in [-0.15, -0.1) is 5.10 Å². The number of aryl methyl sites for hydroxylation is 1. The number of hydrogen-bond donors (Lipinski definition) is 1. The van der Waals surface area contributed by atoms with E-state index in [-0.39, 0.29) is 0 Å². The second-order valence-electron chi connectivity index (χ2n) is 5.98. The molecular formula is C19H22BrN5O2S. The Hall–Kier alpha value is -2.10. The lowest BCUT2D eigenvalue weighted by atomic mass is 10.2. The molecule has 7 nitrogen and oxygen atoms in total. The van der Waals surface area contributed by atoms with Gasteiger partial charge in [0.25, 0.3) is 0 Å². The quantitative estimate of drug-likeness (QED) is 0.364. The zero-order chi connectivity index (χ0) is 19.8. The molecule has 0 aliphatic heterocycles. The Morgan fingerprint density at radius 2 is 2.00 bits per heavy atom. The number of rotatable bonds is 10. The van der Waals surface area contributed by atoms with Crippen molar-refractivity contribution in [2.45, 2.75) is 18.3 Å². The van der Waals surface area contributed by atoms with E-state index >= 15 is 0 Å². The lowest BCUT2D eigenvalue weighted by Gasteiger charge is -2.14. The Morgan fingerprint density at radius 3 is 2.71 bits per heavy atom. The number of aromatic nitrogens is 4. The molecular weight excluding hydrogens is 442 g/mol. The van der Waals surface area contributed by atoms with Crippen molar-refractivity contribution in [3.8, 4) is 11.5 Å². The van der Waals surface area contributed by atoms with Crippen molar-refractivity contribution >= 4 is 27.7 Å². The van der Waals surface area contributed by atoms with Crippen LogP contribution in [0.3, 0.4) is 0 Å². The van der Waals surface area contributed by atoms with E-state index < -0.39 is 0 Å². The van der Waals surface area contributed by atoms with Gasteiger partial charge >= 0.3 is 0 Å². The van der Waals surface area contributed by atoms with Crippen molar-refractivity contribution in [3.63, 3.8) is 0 Å². The van der Waals surface area contributed by atoms with Crippen LogP contribution in [0.2, 0.25) is 0 Å². The summed E-state index contributed by atoms with van der Waals surface area (Å²) in [6.45, 7) is 2.04. The Balaban J connectivity index is 1.52. The van der Waals surface area contributed by atoms with Crippen LogP contribution in [-0.2, 0) is 20.2 Å². The van der Waals surface area contributed by atoms with Gasteiger partial charge in [0.15, 0.2) is 11.5 Å². The van der Waals surface area contributed by atoms with E-state index in [4.69, 9.17) is 9.47 Å². The fourth-order valence-corrected chi connectivity index (χ4v) is 3.71. The van der Waals surface area contributed by atoms with E-state index in [0.29, 0.717) is 18.9 Å². The number of benzene rings is 2. The second kappa shape index (κ2) is 10.4. The molecule has 0 saturated carbocycles. The van der Waals surface area contributed by atoms with Gasteiger partial charge in [-0.3, -0.25) is 0 Å². The molecule has 0 atom stereocenters. The molecule has 9 heteroatoms. The van der Waals surface area contributed by atoms with Crippen molar-refractivity contribution in [1.29, 1.82) is 0 Å². The molecule has 0 aliphatic carbocycles. The summed E-state index contributed by atoms with van der Waals surface area (Å²) in [5.41, 5.74) is 2.22. The smallest absolute Gasteiger partial charge is 0.209 e. The minimum absolute atomic E-state index is 0.495. The minimum Gasteiger partial charge on any atom is -0.493 e. The standard InChI is InChI=1S/C19H22BrN5O2S/c1-25-19(22-23-24-25)28-9-8-21-12-15-10-17(26-2)18(11-16(15)20)27-13-14-6-4-3-5-7-14/h3-7,10-11,21H,8-9,12-13H2,1-2H3. The number of methoxy groups -OCH3 is 1. The molecule has 0 fully saturated rings. The maximum absolute atomic E-state index is 5.95. The predicted molar refractivity (Wildman–Crippen MR) is 113 cm³/mol. The van der Waals surface area contributed by atoms with E-state index in [1.165, 1.54) is 0 Å². The Labute approximate surface area is 176 Å². The fraction of sp³-hybridized carbons (Fsp3) is 0.316. The summed E-state index contributed by atoms with van der Waals surface area (Å²) >= 11 is 5.25. The highest BCUT2D eigenvalue weighted by Gasteiger charge is 2.11. The molecule has 1 N–H and O–H groups in total. The molecule has 3 rings (SSSR count). The zero-order valence-corrected chi connectivity index (χ0v) is 18.2. The molecule has 0 radical (unpaired) electrons. The maximum Gasteiger partial charge on any atom is 0.209 e. The molecule has 2 aromatic carbocycles. The third kappa shape index (κ3) is 5.70. The summed E-state index contributed by atoms with van der Waals surface area (Å²) in [7, 11) is 3.49. The third-order valence-corrected chi connectivity index (χ3v) is 5.73. The first-order valence-electron chi connectivity index (χ1n) is 8.76. The molecule has 28 heavy (non-hydrogen) atoms. The lowest BCUT2D eigenvalue weighted by Crippen LogP contribution is -2.17. The van der Waals surface area contributed by atoms with Crippen molar-refractivity contribution in [1.82, 2.24) is 25.5 Å². The lowest BCUT2D eigenvalue weighted by molar-refractivity contribution is 0.284. The minimum atomic E-state index is 0.495. The number of hydrogen-bond acceptors (Lipinski definition) is 7. The molecule has 0 spiro atoms. The molecule has 0 bridgehead atoms. The van der Waals surface area contributed by atoms with Gasteiger partial charge in [0.2, 0.25) is 5.16 Å². The molecule has 0 aliphatic rings. The van der Waals surface area contributed by atoms with E-state index in [1.54, 1.807) is 23.6 Å². The topological polar surface area (TPSA) is 74.1 Å². The number of tetrazole rings is 1. The van der Waals surface area contributed by atoms with E-state index in [9.17, 15) is 0 Å². The summed E-state index contributed by atoms with van der Waals surface area (Å²) < 4.78 is 14.1. The van der Waals surface area contributed by atoms with Gasteiger partial charge in [0.1, 0.15) is 6.61 Å². The van der Waals surface area contributed by atoms with Crippen LogP contribution in [0.1, 0.15) is 11.1 Å². The fourth-order valence-electron chi connectivity index (χ4n) is 2.50. The van der Waals surface area contributed by atoms with Gasteiger partial charge in [0.05, 0.1) is 7.11 Å². The van der Waals surface area contributed by atoms with Gasteiger partial charge in [-0.25, -0.2) is 4.68 Å². The molecule has 0 saturated heterocycles. The molecule has 1 heterocycles. The number of ether oxygens (including phenoxy) is 2. The van der Waals surface area contributed by atoms with Gasteiger partial charge in [-0.05, 0) is 33.7 Å². The summed E-state index contributed by atoms with van der Waals surface area (Å²) in [6, 6.07) is 14.0. The molecule has 0 unspecified atom stereocenters. The van der Waals surface area contributed by atoms with Gasteiger partial charge < -0.3 is 14.8 Å². The largest absolute Gasteiger partial charge is 0.493 e. The maximum atomic E-state index is 5.95. The average molecular weight is 464 g/mol. The molecule has 1 aromatic heterocycles. The van der Waals surface area contributed by atoms with E-state index in [1.807, 2.05) is 49.5 Å². The summed E-state index contributed by atoms with van der Waals surface area (Å²) in [5, 5.41) is 15.6. The summed E-state index contributed by atoms with van der Waals surface area (Å²) in [4.78, 5) is 0. The molecule has 3 aromatic rings. The highest BCUT2D eigenvalue weighted by Crippen LogP contribution is 2.34. The normalized spacial score (nSPS) is 10.8. The first-order chi connectivity index (χ1) is 13.7. The van der Waals surface area contributed by atoms with Crippen LogP contribution in [0.4, 0.5) is 0 Å². The summed E-state index contributed by atoms with van der Waals surface area (Å²) in [5.74, 6) is 2.31. The van der Waals surface area contributed by atoms with E-state index in [2.05, 4.69) is 36.8 Å². The van der Waals surface area contributed by atoms with Crippen LogP contribution in [-0.4, -0.2) is 39.6 Å². The van der Waals surface area contributed by atoms with Crippen LogP contribution >= 0.6 is 27.7 Å². The number of thioether (sulfide) groups is 1. The van der Waals surface area contributed by atoms with Crippen molar-refractivity contribution in [3.05, 3.63) is 58.1 Å². The zero-order valence-electron chi connectivity index (χ0n) is 15.8. The Kier molecular flexibility index (Phi) is 7.70. The highest BCUT2D eigenvalue weighted by atomic mass is 79.9. The number of nitrogens with zero attached hydrogens (tertiary/aromatic N) is 4. The van der Waals surface area contributed by atoms with Crippen LogP contribution in [0, 0.1) is 0 Å². The highest BCUT2D eigenvalue weighted by molar-refractivity contribution is 9.10. The van der Waals surface area contributed by atoms with Gasteiger partial charge in [-0.1, -0.05) is 58.0 Å². The van der Waals surface area contributed by atoms with Crippen LogP contribution in [0.15, 0.2) is 52.1 Å². The number of halogens is 1. The Morgan fingerprint density at radius 1 is 1.18 bits per heavy atom. The first-order valence-corrected chi connectivity index (χ1v) is 10.5. The molecule has 148 valence electrons. The van der Waals surface area contributed by atoms with Crippen LogP contribution < -0.4 is 14.8 Å². The predicted octanol–water partition coefficient (Wildman–Crippen LogP) is 3.44.